The van der Waals surface area contributed by atoms with Crippen LogP contribution in [0.2, 0.25) is 0 Å². The highest BCUT2D eigenvalue weighted by molar-refractivity contribution is 5.80. The number of non-ortho nitro benzene ring substituents is 1. The Hall–Kier alpha value is -3.13. The van der Waals surface area contributed by atoms with Crippen molar-refractivity contribution in [2.75, 3.05) is 20.2 Å². The second-order valence-corrected chi connectivity index (χ2v) is 8.34. The van der Waals surface area contributed by atoms with Gasteiger partial charge >= 0.3 is 0 Å². The summed E-state index contributed by atoms with van der Waals surface area (Å²) in [7, 11) is 1.65. The Balaban J connectivity index is 1.64. The third-order valence-corrected chi connectivity index (χ3v) is 5.79. The van der Waals surface area contributed by atoms with Crippen molar-refractivity contribution >= 4 is 11.6 Å². The maximum Gasteiger partial charge on any atom is 0.269 e. The van der Waals surface area contributed by atoms with Gasteiger partial charge in [0.05, 0.1) is 18.6 Å². The molecule has 2 aromatic carbocycles. The lowest BCUT2D eigenvalue weighted by Crippen LogP contribution is -2.49. The first kappa shape index (κ1) is 23.5. The smallest absolute Gasteiger partial charge is 0.269 e. The van der Waals surface area contributed by atoms with Crippen molar-refractivity contribution in [2.24, 2.45) is 4.99 Å². The van der Waals surface area contributed by atoms with E-state index in [1.807, 2.05) is 24.3 Å². The molecule has 2 N–H and O–H groups in total. The highest BCUT2D eigenvalue weighted by Crippen LogP contribution is 2.15. The predicted molar refractivity (Wildman–Crippen MR) is 127 cm³/mol. The number of ether oxygens (including phenoxy) is 1. The molecule has 8 nitrogen and oxygen atoms in total. The van der Waals surface area contributed by atoms with Gasteiger partial charge in [-0.2, -0.15) is 0 Å². The SMILES string of the molecule is COc1ccc(CN=C(NCc2ccc([N+](=O)[O-])cc2)NC2CCN(C(C)C)CC2)cc1. The Bertz CT molecular complexity index is 889. The highest BCUT2D eigenvalue weighted by atomic mass is 16.6. The second-order valence-electron chi connectivity index (χ2n) is 8.34. The number of methoxy groups -OCH3 is 1. The van der Waals surface area contributed by atoms with Crippen LogP contribution in [0.1, 0.15) is 37.8 Å². The fourth-order valence-corrected chi connectivity index (χ4v) is 3.73. The molecule has 1 fully saturated rings. The number of piperidine rings is 1. The minimum Gasteiger partial charge on any atom is -0.497 e. The minimum absolute atomic E-state index is 0.0946. The number of benzene rings is 2. The first-order valence-electron chi connectivity index (χ1n) is 11.1. The summed E-state index contributed by atoms with van der Waals surface area (Å²) < 4.78 is 5.22. The van der Waals surface area contributed by atoms with Crippen LogP contribution in [0.15, 0.2) is 53.5 Å². The van der Waals surface area contributed by atoms with Crippen molar-refractivity contribution in [3.05, 3.63) is 69.8 Å². The van der Waals surface area contributed by atoms with Crippen molar-refractivity contribution in [3.63, 3.8) is 0 Å². The van der Waals surface area contributed by atoms with Gasteiger partial charge in [-0.25, -0.2) is 4.99 Å². The van der Waals surface area contributed by atoms with Gasteiger partial charge in [-0.05, 0) is 49.9 Å². The van der Waals surface area contributed by atoms with Crippen molar-refractivity contribution in [2.45, 2.75) is 51.9 Å². The zero-order chi connectivity index (χ0) is 22.9. The molecule has 1 aliphatic heterocycles. The van der Waals surface area contributed by atoms with Crippen LogP contribution in [0, 0.1) is 10.1 Å². The standard InChI is InChI=1S/C24H33N5O3/c1-18(2)28-14-12-21(13-15-28)27-24(26-17-20-6-10-23(32-3)11-7-20)25-16-19-4-8-22(9-5-19)29(30)31/h4-11,18,21H,12-17H2,1-3H3,(H2,25,26,27). The number of hydrogen-bond acceptors (Lipinski definition) is 5. The number of nitrogens with one attached hydrogen (secondary N) is 2. The summed E-state index contributed by atoms with van der Waals surface area (Å²) in [5, 5.41) is 17.9. The van der Waals surface area contributed by atoms with Gasteiger partial charge in [0.15, 0.2) is 5.96 Å². The molecular formula is C24H33N5O3. The number of nitrogens with zero attached hydrogens (tertiary/aromatic N) is 3. The Kier molecular flexibility index (Phi) is 8.44. The Morgan fingerprint density at radius 2 is 1.75 bits per heavy atom. The van der Waals surface area contributed by atoms with Crippen LogP contribution in [0.3, 0.4) is 0 Å². The van der Waals surface area contributed by atoms with Crippen LogP contribution >= 0.6 is 0 Å². The molecule has 32 heavy (non-hydrogen) atoms. The number of rotatable bonds is 8. The predicted octanol–water partition coefficient (Wildman–Crippen LogP) is 3.71. The van der Waals surface area contributed by atoms with Gasteiger partial charge < -0.3 is 20.3 Å². The van der Waals surface area contributed by atoms with Crippen LogP contribution in [0.5, 0.6) is 5.75 Å². The van der Waals surface area contributed by atoms with Gasteiger partial charge in [0.25, 0.3) is 5.69 Å². The fourth-order valence-electron chi connectivity index (χ4n) is 3.73. The van der Waals surface area contributed by atoms with Crippen molar-refractivity contribution in [1.82, 2.24) is 15.5 Å². The van der Waals surface area contributed by atoms with Gasteiger partial charge in [-0.15, -0.1) is 0 Å². The molecular weight excluding hydrogens is 406 g/mol. The molecule has 0 atom stereocenters. The molecule has 1 saturated heterocycles. The lowest BCUT2D eigenvalue weighted by atomic mass is 10.0. The molecule has 3 rings (SSSR count). The molecule has 172 valence electrons. The second kappa shape index (κ2) is 11.5. The van der Waals surface area contributed by atoms with Crippen molar-refractivity contribution in [1.29, 1.82) is 0 Å². The van der Waals surface area contributed by atoms with Gasteiger partial charge in [0.1, 0.15) is 5.75 Å². The first-order valence-corrected chi connectivity index (χ1v) is 11.1. The number of aliphatic imine (C=N–C) groups is 1. The van der Waals surface area contributed by atoms with E-state index < -0.39 is 0 Å². The molecule has 0 amide bonds. The summed E-state index contributed by atoms with van der Waals surface area (Å²) >= 11 is 0. The zero-order valence-corrected chi connectivity index (χ0v) is 19.1. The molecule has 2 aromatic rings. The number of likely N-dealkylation sites (tertiary alicyclic amines) is 1. The summed E-state index contributed by atoms with van der Waals surface area (Å²) in [6.07, 6.45) is 2.14. The van der Waals surface area contributed by atoms with E-state index in [0.29, 0.717) is 25.2 Å². The summed E-state index contributed by atoms with van der Waals surface area (Å²) in [4.78, 5) is 17.8. The monoisotopic (exact) mass is 439 g/mol. The lowest BCUT2D eigenvalue weighted by Gasteiger charge is -2.35. The molecule has 0 saturated carbocycles. The number of hydrogen-bond donors (Lipinski definition) is 2. The summed E-state index contributed by atoms with van der Waals surface area (Å²) in [6, 6.07) is 15.4. The van der Waals surface area contributed by atoms with Crippen molar-refractivity contribution < 1.29 is 9.66 Å². The van der Waals surface area contributed by atoms with Gasteiger partial charge in [0, 0.05) is 43.9 Å². The Morgan fingerprint density at radius 1 is 1.12 bits per heavy atom. The van der Waals surface area contributed by atoms with Crippen LogP contribution in [-0.4, -0.2) is 48.1 Å². The molecule has 0 bridgehead atoms. The molecule has 0 radical (unpaired) electrons. The third-order valence-electron chi connectivity index (χ3n) is 5.79. The highest BCUT2D eigenvalue weighted by Gasteiger charge is 2.21. The molecule has 1 aliphatic rings. The van der Waals surface area contributed by atoms with E-state index >= 15 is 0 Å². The van der Waals surface area contributed by atoms with Crippen LogP contribution in [-0.2, 0) is 13.1 Å². The van der Waals surface area contributed by atoms with Gasteiger partial charge in [-0.1, -0.05) is 24.3 Å². The van der Waals surface area contributed by atoms with E-state index in [1.165, 1.54) is 12.1 Å². The molecule has 0 aromatic heterocycles. The van der Waals surface area contributed by atoms with E-state index in [0.717, 1.165) is 48.8 Å². The molecule has 1 heterocycles. The van der Waals surface area contributed by atoms with Crippen LogP contribution in [0.4, 0.5) is 5.69 Å². The molecule has 0 unspecified atom stereocenters. The van der Waals surface area contributed by atoms with E-state index in [9.17, 15) is 10.1 Å². The van der Waals surface area contributed by atoms with E-state index in [2.05, 4.69) is 29.4 Å². The van der Waals surface area contributed by atoms with Crippen molar-refractivity contribution in [3.8, 4) is 5.75 Å². The Labute approximate surface area is 189 Å². The average Bonchev–Trinajstić information content (AvgIpc) is 2.81. The number of guanidine groups is 1. The normalized spacial score (nSPS) is 15.6. The van der Waals surface area contributed by atoms with Gasteiger partial charge in [0.2, 0.25) is 0 Å². The summed E-state index contributed by atoms with van der Waals surface area (Å²) in [5.74, 6) is 1.58. The lowest BCUT2D eigenvalue weighted by molar-refractivity contribution is -0.384. The van der Waals surface area contributed by atoms with E-state index in [-0.39, 0.29) is 10.6 Å². The third kappa shape index (κ3) is 6.95. The number of nitro benzene ring substituents is 1. The first-order chi connectivity index (χ1) is 15.4. The fraction of sp³-hybridized carbons (Fsp3) is 0.458. The largest absolute Gasteiger partial charge is 0.497 e. The summed E-state index contributed by atoms with van der Waals surface area (Å²) in [5.41, 5.74) is 2.15. The molecule has 0 aliphatic carbocycles. The zero-order valence-electron chi connectivity index (χ0n) is 19.1. The topological polar surface area (TPSA) is 92.0 Å². The van der Waals surface area contributed by atoms with Crippen LogP contribution in [0.25, 0.3) is 0 Å². The maximum absolute atomic E-state index is 10.9. The average molecular weight is 440 g/mol. The van der Waals surface area contributed by atoms with Crippen LogP contribution < -0.4 is 15.4 Å². The Morgan fingerprint density at radius 3 is 2.31 bits per heavy atom. The minimum atomic E-state index is -0.385. The van der Waals surface area contributed by atoms with E-state index in [4.69, 9.17) is 9.73 Å². The van der Waals surface area contributed by atoms with Gasteiger partial charge in [-0.3, -0.25) is 10.1 Å². The summed E-state index contributed by atoms with van der Waals surface area (Å²) in [6.45, 7) is 7.71. The molecule has 0 spiro atoms. The maximum atomic E-state index is 10.9. The quantitative estimate of drug-likeness (QED) is 0.282. The van der Waals surface area contributed by atoms with E-state index in [1.54, 1.807) is 19.2 Å². The molecule has 8 heteroatoms. The number of nitro groups is 1.